The van der Waals surface area contributed by atoms with Crippen LogP contribution in [0.2, 0.25) is 0 Å². The molecule has 0 spiro atoms. The molecule has 0 bridgehead atoms. The van der Waals surface area contributed by atoms with Crippen LogP contribution < -0.4 is 0 Å². The van der Waals surface area contributed by atoms with Crippen molar-refractivity contribution in [1.29, 1.82) is 0 Å². The third-order valence-corrected chi connectivity index (χ3v) is 3.10. The van der Waals surface area contributed by atoms with Crippen LogP contribution in [0.3, 0.4) is 0 Å². The molecule has 58 valence electrons. The minimum atomic E-state index is 0.794. The second kappa shape index (κ2) is 2.23. The highest BCUT2D eigenvalue weighted by atomic mass is 16.7. The molecule has 0 amide bonds. The van der Waals surface area contributed by atoms with Crippen LogP contribution in [-0.4, -0.2) is 18.3 Å². The van der Waals surface area contributed by atoms with Gasteiger partial charge in [-0.15, -0.1) is 0 Å². The summed E-state index contributed by atoms with van der Waals surface area (Å²) >= 11 is 0. The summed E-state index contributed by atoms with van der Waals surface area (Å²) in [6.07, 6.45) is 8.13. The number of rotatable bonds is 0. The van der Waals surface area contributed by atoms with E-state index in [1.165, 1.54) is 25.7 Å². The van der Waals surface area contributed by atoms with Gasteiger partial charge >= 0.3 is 0 Å². The average molecular weight is 141 g/mol. The number of hydrogen-bond donors (Lipinski definition) is 0. The van der Waals surface area contributed by atoms with Crippen LogP contribution in [0.15, 0.2) is 0 Å². The average Bonchev–Trinajstić information content (AvgIpc) is 2.40. The van der Waals surface area contributed by atoms with Gasteiger partial charge in [-0.2, -0.15) is 0 Å². The van der Waals surface area contributed by atoms with Crippen LogP contribution in [-0.2, 0) is 4.37 Å². The minimum Gasteiger partial charge on any atom is -0.416 e. The predicted molar refractivity (Wildman–Crippen MR) is 42.3 cm³/mol. The van der Waals surface area contributed by atoms with E-state index in [1.54, 1.807) is 0 Å². The molecule has 10 heavy (non-hydrogen) atoms. The van der Waals surface area contributed by atoms with E-state index in [-0.39, 0.29) is 0 Å². The summed E-state index contributed by atoms with van der Waals surface area (Å²) < 4.78 is 3.53. The maximum Gasteiger partial charge on any atom is 0.156 e. The number of hydrogen-bond acceptors (Lipinski definition) is 0. The summed E-state index contributed by atoms with van der Waals surface area (Å²) in [7, 11) is 0. The molecule has 2 aliphatic rings. The van der Waals surface area contributed by atoms with E-state index in [1.807, 2.05) is 0 Å². The third kappa shape index (κ3) is 0.800. The summed E-state index contributed by atoms with van der Waals surface area (Å²) in [5, 5.41) is 0. The first-order valence-electron chi connectivity index (χ1n) is 4.49. The quantitative estimate of drug-likeness (QED) is 0.455. The van der Waals surface area contributed by atoms with Crippen LogP contribution in [0, 0.1) is 0 Å². The first-order valence-corrected chi connectivity index (χ1v) is 4.49. The zero-order valence-electron chi connectivity index (χ0n) is 6.97. The maximum atomic E-state index is 3.53. The SMILES string of the molecule is C[C@@H]1CCC2CC[C@H](C)[O+]21. The fourth-order valence-electron chi connectivity index (χ4n) is 2.58. The van der Waals surface area contributed by atoms with Gasteiger partial charge in [0.15, 0.2) is 18.3 Å². The molecule has 3 atom stereocenters. The molecule has 0 aliphatic carbocycles. The summed E-state index contributed by atoms with van der Waals surface area (Å²) in [4.78, 5) is 0. The molecule has 0 saturated carbocycles. The van der Waals surface area contributed by atoms with Gasteiger partial charge < -0.3 is 4.37 Å². The van der Waals surface area contributed by atoms with Gasteiger partial charge in [-0.1, -0.05) is 0 Å². The largest absolute Gasteiger partial charge is 0.416 e. The van der Waals surface area contributed by atoms with Crippen LogP contribution in [0.5, 0.6) is 0 Å². The van der Waals surface area contributed by atoms with E-state index in [0.29, 0.717) is 0 Å². The van der Waals surface area contributed by atoms with Crippen molar-refractivity contribution in [3.8, 4) is 0 Å². The Labute approximate surface area is 63.1 Å². The molecule has 0 radical (unpaired) electrons. The Hall–Kier alpha value is -0.0400. The summed E-state index contributed by atoms with van der Waals surface area (Å²) in [5.41, 5.74) is 0. The minimum absolute atomic E-state index is 0.794. The molecule has 1 heteroatoms. The molecular weight excluding hydrogens is 124 g/mol. The topological polar surface area (TPSA) is 2.70 Å². The van der Waals surface area contributed by atoms with Crippen molar-refractivity contribution in [1.82, 2.24) is 0 Å². The van der Waals surface area contributed by atoms with Gasteiger partial charge in [0.1, 0.15) is 0 Å². The van der Waals surface area contributed by atoms with Gasteiger partial charge in [-0.05, 0) is 0 Å². The lowest BCUT2D eigenvalue weighted by Crippen LogP contribution is -2.25. The highest BCUT2D eigenvalue weighted by Crippen LogP contribution is 2.40. The van der Waals surface area contributed by atoms with E-state index >= 15 is 0 Å². The van der Waals surface area contributed by atoms with Crippen LogP contribution in [0.4, 0.5) is 0 Å². The highest BCUT2D eigenvalue weighted by Gasteiger charge is 2.44. The monoisotopic (exact) mass is 141 g/mol. The van der Waals surface area contributed by atoms with Gasteiger partial charge in [-0.25, -0.2) is 0 Å². The Morgan fingerprint density at radius 2 is 1.40 bits per heavy atom. The van der Waals surface area contributed by atoms with Crippen molar-refractivity contribution in [2.45, 2.75) is 57.8 Å². The lowest BCUT2D eigenvalue weighted by atomic mass is 10.1. The first kappa shape index (κ1) is 6.66. The smallest absolute Gasteiger partial charge is 0.156 e. The maximum absolute atomic E-state index is 3.53. The molecule has 1 nitrogen and oxygen atoms in total. The standard InChI is InChI=1S/C9H17O/c1-7-3-5-9-6-4-8(2)10(7)9/h7-9H,3-6H2,1-2H3/q+1/t7-,8+,9?. The Bertz CT molecular complexity index is 119. The second-order valence-corrected chi connectivity index (χ2v) is 3.81. The van der Waals surface area contributed by atoms with Crippen LogP contribution >= 0.6 is 0 Å². The fraction of sp³-hybridized carbons (Fsp3) is 1.00. The van der Waals surface area contributed by atoms with E-state index in [9.17, 15) is 0 Å². The van der Waals surface area contributed by atoms with Crippen LogP contribution in [0.25, 0.3) is 0 Å². The normalized spacial score (nSPS) is 48.0. The van der Waals surface area contributed by atoms with Gasteiger partial charge in [0.2, 0.25) is 0 Å². The lowest BCUT2D eigenvalue weighted by Gasteiger charge is -2.22. The summed E-state index contributed by atoms with van der Waals surface area (Å²) in [6.45, 7) is 4.68. The van der Waals surface area contributed by atoms with E-state index in [0.717, 1.165) is 18.3 Å². The molecule has 2 rings (SSSR count). The Kier molecular flexibility index (Phi) is 1.48. The van der Waals surface area contributed by atoms with Gasteiger partial charge in [-0.3, -0.25) is 0 Å². The van der Waals surface area contributed by atoms with Crippen molar-refractivity contribution in [3.05, 3.63) is 0 Å². The summed E-state index contributed by atoms with van der Waals surface area (Å²) in [6, 6.07) is 0. The fourth-order valence-corrected chi connectivity index (χ4v) is 2.58. The third-order valence-electron chi connectivity index (χ3n) is 3.10. The zero-order chi connectivity index (χ0) is 7.14. The molecule has 1 unspecified atom stereocenters. The Morgan fingerprint density at radius 1 is 0.900 bits per heavy atom. The van der Waals surface area contributed by atoms with Crippen molar-refractivity contribution in [2.75, 3.05) is 0 Å². The molecule has 2 saturated heterocycles. The lowest BCUT2D eigenvalue weighted by molar-refractivity contribution is -0.203. The zero-order valence-corrected chi connectivity index (χ0v) is 6.97. The molecule has 2 fully saturated rings. The molecule has 0 N–H and O–H groups in total. The van der Waals surface area contributed by atoms with E-state index in [2.05, 4.69) is 18.2 Å². The molecule has 0 aromatic rings. The molecule has 0 aromatic carbocycles. The first-order chi connectivity index (χ1) is 4.79. The van der Waals surface area contributed by atoms with E-state index < -0.39 is 0 Å². The molecule has 2 heterocycles. The highest BCUT2D eigenvalue weighted by molar-refractivity contribution is 4.84. The Balaban J connectivity index is 2.11. The summed E-state index contributed by atoms with van der Waals surface area (Å²) in [5.74, 6) is 0. The van der Waals surface area contributed by atoms with Crippen LogP contribution in [0.1, 0.15) is 39.5 Å². The molecular formula is C9H17O+. The van der Waals surface area contributed by atoms with Gasteiger partial charge in [0, 0.05) is 39.5 Å². The van der Waals surface area contributed by atoms with Crippen molar-refractivity contribution in [2.24, 2.45) is 0 Å². The predicted octanol–water partition coefficient (Wildman–Crippen LogP) is 2.27. The molecule has 0 aromatic heterocycles. The van der Waals surface area contributed by atoms with Crippen molar-refractivity contribution >= 4 is 0 Å². The Morgan fingerprint density at radius 3 is 1.80 bits per heavy atom. The van der Waals surface area contributed by atoms with E-state index in [4.69, 9.17) is 0 Å². The molecule has 2 aliphatic heterocycles. The van der Waals surface area contributed by atoms with Crippen molar-refractivity contribution in [3.63, 3.8) is 0 Å². The second-order valence-electron chi connectivity index (χ2n) is 3.81. The van der Waals surface area contributed by atoms with Gasteiger partial charge in [0.05, 0.1) is 0 Å². The number of fused-ring (bicyclic) bond motifs is 1. The van der Waals surface area contributed by atoms with Gasteiger partial charge in [0.25, 0.3) is 0 Å². The van der Waals surface area contributed by atoms with Crippen molar-refractivity contribution < 1.29 is 4.37 Å².